The number of hydrogen-bond donors (Lipinski definition) is 2. The van der Waals surface area contributed by atoms with Crippen molar-refractivity contribution in [1.29, 1.82) is 0 Å². The van der Waals surface area contributed by atoms with Crippen LogP contribution in [0.15, 0.2) is 18.2 Å². The maximum Gasteiger partial charge on any atom is 0.160 e. The number of rotatable bonds is 5. The molecule has 0 amide bonds. The van der Waals surface area contributed by atoms with Gasteiger partial charge in [0.25, 0.3) is 0 Å². The first-order chi connectivity index (χ1) is 9.22. The Labute approximate surface area is 115 Å². The van der Waals surface area contributed by atoms with Gasteiger partial charge < -0.3 is 15.2 Å². The monoisotopic (exact) mass is 264 g/mol. The number of hydrogen-bond acceptors (Lipinski definition) is 4. The fraction of sp³-hybridized carbons (Fsp3) is 0.600. The summed E-state index contributed by atoms with van der Waals surface area (Å²) in [5.41, 5.74) is 1.19. The molecule has 1 atom stereocenters. The van der Waals surface area contributed by atoms with E-state index >= 15 is 0 Å². The van der Waals surface area contributed by atoms with Gasteiger partial charge in [-0.25, -0.2) is 0 Å². The van der Waals surface area contributed by atoms with Crippen LogP contribution in [0.2, 0.25) is 0 Å². The number of likely N-dealkylation sites (tertiary alicyclic amines) is 1. The molecule has 4 heteroatoms. The SMILES string of the molecule is CNCC1CCCN(Cc2ccc(O)c(OC)c2)C1. The Balaban J connectivity index is 1.96. The second-order valence-electron chi connectivity index (χ2n) is 5.31. The Kier molecular flexibility index (Phi) is 5.05. The van der Waals surface area contributed by atoms with Gasteiger partial charge >= 0.3 is 0 Å². The third-order valence-corrected chi connectivity index (χ3v) is 3.75. The van der Waals surface area contributed by atoms with Crippen LogP contribution in [-0.2, 0) is 6.54 Å². The fourth-order valence-corrected chi connectivity index (χ4v) is 2.83. The van der Waals surface area contributed by atoms with Crippen molar-refractivity contribution < 1.29 is 9.84 Å². The van der Waals surface area contributed by atoms with Crippen molar-refractivity contribution in [3.8, 4) is 11.5 Å². The van der Waals surface area contributed by atoms with Gasteiger partial charge in [-0.15, -0.1) is 0 Å². The average Bonchev–Trinajstić information content (AvgIpc) is 2.42. The number of methoxy groups -OCH3 is 1. The Bertz CT molecular complexity index is 407. The second-order valence-corrected chi connectivity index (χ2v) is 5.31. The van der Waals surface area contributed by atoms with Crippen LogP contribution in [0.1, 0.15) is 18.4 Å². The number of aromatic hydroxyl groups is 1. The number of ether oxygens (including phenoxy) is 1. The van der Waals surface area contributed by atoms with Crippen LogP contribution in [0.5, 0.6) is 11.5 Å². The summed E-state index contributed by atoms with van der Waals surface area (Å²) >= 11 is 0. The van der Waals surface area contributed by atoms with Crippen molar-refractivity contribution in [3.63, 3.8) is 0 Å². The fourth-order valence-electron chi connectivity index (χ4n) is 2.83. The van der Waals surface area contributed by atoms with E-state index in [-0.39, 0.29) is 5.75 Å². The Morgan fingerprint density at radius 1 is 1.47 bits per heavy atom. The summed E-state index contributed by atoms with van der Waals surface area (Å²) in [4.78, 5) is 2.48. The lowest BCUT2D eigenvalue weighted by atomic mass is 9.97. The van der Waals surface area contributed by atoms with Gasteiger partial charge in [-0.1, -0.05) is 6.07 Å². The molecule has 1 fully saturated rings. The Hall–Kier alpha value is -1.26. The molecule has 0 saturated carbocycles. The molecule has 1 saturated heterocycles. The molecule has 0 aliphatic carbocycles. The van der Waals surface area contributed by atoms with Crippen LogP contribution >= 0.6 is 0 Å². The van der Waals surface area contributed by atoms with Gasteiger partial charge in [0, 0.05) is 13.1 Å². The highest BCUT2D eigenvalue weighted by molar-refractivity contribution is 5.41. The lowest BCUT2D eigenvalue weighted by molar-refractivity contribution is 0.166. The highest BCUT2D eigenvalue weighted by Crippen LogP contribution is 2.27. The molecule has 1 aromatic carbocycles. The molecule has 0 spiro atoms. The number of nitrogens with zero attached hydrogens (tertiary/aromatic N) is 1. The van der Waals surface area contributed by atoms with E-state index in [9.17, 15) is 5.11 Å². The molecule has 4 nitrogen and oxygen atoms in total. The van der Waals surface area contributed by atoms with Crippen LogP contribution in [0.3, 0.4) is 0 Å². The van der Waals surface area contributed by atoms with Crippen molar-refractivity contribution in [1.82, 2.24) is 10.2 Å². The molecule has 0 bridgehead atoms. The molecule has 0 aromatic heterocycles. The van der Waals surface area contributed by atoms with E-state index in [2.05, 4.69) is 10.2 Å². The first-order valence-corrected chi connectivity index (χ1v) is 6.95. The number of benzene rings is 1. The van der Waals surface area contributed by atoms with Gasteiger partial charge in [0.2, 0.25) is 0 Å². The van der Waals surface area contributed by atoms with Crippen molar-refractivity contribution in [2.45, 2.75) is 19.4 Å². The summed E-state index contributed by atoms with van der Waals surface area (Å²) in [6, 6.07) is 5.61. The zero-order valence-corrected chi connectivity index (χ0v) is 11.9. The summed E-state index contributed by atoms with van der Waals surface area (Å²) in [6.45, 7) is 4.32. The van der Waals surface area contributed by atoms with Gasteiger partial charge in [0.1, 0.15) is 0 Å². The molecule has 1 aliphatic rings. The van der Waals surface area contributed by atoms with Crippen molar-refractivity contribution in [2.75, 3.05) is 33.8 Å². The summed E-state index contributed by atoms with van der Waals surface area (Å²) in [5.74, 6) is 1.51. The van der Waals surface area contributed by atoms with E-state index in [1.807, 2.05) is 19.2 Å². The minimum absolute atomic E-state index is 0.206. The maximum atomic E-state index is 9.61. The van der Waals surface area contributed by atoms with Crippen LogP contribution in [0.4, 0.5) is 0 Å². The molecule has 19 heavy (non-hydrogen) atoms. The van der Waals surface area contributed by atoms with Crippen LogP contribution in [0, 0.1) is 5.92 Å². The molecule has 2 N–H and O–H groups in total. The summed E-state index contributed by atoms with van der Waals surface area (Å²) < 4.78 is 5.16. The van der Waals surface area contributed by atoms with E-state index < -0.39 is 0 Å². The van der Waals surface area contributed by atoms with Crippen LogP contribution in [-0.4, -0.2) is 43.8 Å². The zero-order valence-electron chi connectivity index (χ0n) is 11.9. The quantitative estimate of drug-likeness (QED) is 0.851. The van der Waals surface area contributed by atoms with E-state index in [0.29, 0.717) is 5.75 Å². The van der Waals surface area contributed by atoms with E-state index in [1.165, 1.54) is 18.4 Å². The molecular weight excluding hydrogens is 240 g/mol. The smallest absolute Gasteiger partial charge is 0.160 e. The topological polar surface area (TPSA) is 44.7 Å². The number of phenolic OH excluding ortho intramolecular Hbond substituents is 1. The first kappa shape index (κ1) is 14.2. The molecule has 0 radical (unpaired) electrons. The van der Waals surface area contributed by atoms with Crippen molar-refractivity contribution >= 4 is 0 Å². The largest absolute Gasteiger partial charge is 0.504 e. The predicted octanol–water partition coefficient (Wildman–Crippen LogP) is 1.83. The molecule has 106 valence electrons. The lowest BCUT2D eigenvalue weighted by Gasteiger charge is -2.32. The predicted molar refractivity (Wildman–Crippen MR) is 76.6 cm³/mol. The Morgan fingerprint density at radius 2 is 2.32 bits per heavy atom. The normalized spacial score (nSPS) is 20.4. The van der Waals surface area contributed by atoms with Gasteiger partial charge in [0.05, 0.1) is 7.11 Å². The highest BCUT2D eigenvalue weighted by Gasteiger charge is 2.19. The van der Waals surface area contributed by atoms with Crippen LogP contribution in [0.25, 0.3) is 0 Å². The van der Waals surface area contributed by atoms with Gasteiger partial charge in [-0.3, -0.25) is 4.90 Å². The van der Waals surface area contributed by atoms with E-state index in [0.717, 1.165) is 32.1 Å². The molecule has 2 rings (SSSR count). The number of nitrogens with one attached hydrogen (secondary N) is 1. The van der Waals surface area contributed by atoms with Gasteiger partial charge in [-0.2, -0.15) is 0 Å². The van der Waals surface area contributed by atoms with E-state index in [1.54, 1.807) is 13.2 Å². The minimum atomic E-state index is 0.206. The first-order valence-electron chi connectivity index (χ1n) is 6.95. The molecule has 1 unspecified atom stereocenters. The number of piperidine rings is 1. The standard InChI is InChI=1S/C15H24N2O2/c1-16-9-13-4-3-7-17(11-13)10-12-5-6-14(18)15(8-12)19-2/h5-6,8,13,16,18H,3-4,7,9-11H2,1-2H3. The van der Waals surface area contributed by atoms with Crippen LogP contribution < -0.4 is 10.1 Å². The number of phenols is 1. The summed E-state index contributed by atoms with van der Waals surface area (Å²) in [6.07, 6.45) is 2.58. The minimum Gasteiger partial charge on any atom is -0.504 e. The van der Waals surface area contributed by atoms with Gasteiger partial charge in [0.15, 0.2) is 11.5 Å². The second kappa shape index (κ2) is 6.78. The lowest BCUT2D eigenvalue weighted by Crippen LogP contribution is -2.38. The average molecular weight is 264 g/mol. The van der Waals surface area contributed by atoms with Crippen molar-refractivity contribution in [2.24, 2.45) is 5.92 Å². The summed E-state index contributed by atoms with van der Waals surface area (Å²) in [7, 11) is 3.60. The maximum absolute atomic E-state index is 9.61. The molecular formula is C15H24N2O2. The molecule has 1 aliphatic heterocycles. The summed E-state index contributed by atoms with van der Waals surface area (Å²) in [5, 5.41) is 12.9. The zero-order chi connectivity index (χ0) is 13.7. The molecule has 1 aromatic rings. The Morgan fingerprint density at radius 3 is 3.05 bits per heavy atom. The van der Waals surface area contributed by atoms with E-state index in [4.69, 9.17) is 4.74 Å². The molecule has 1 heterocycles. The highest BCUT2D eigenvalue weighted by atomic mass is 16.5. The third kappa shape index (κ3) is 3.85. The van der Waals surface area contributed by atoms with Gasteiger partial charge in [-0.05, 0) is 56.6 Å². The van der Waals surface area contributed by atoms with Crippen molar-refractivity contribution in [3.05, 3.63) is 23.8 Å². The third-order valence-electron chi connectivity index (χ3n) is 3.75.